The van der Waals surface area contributed by atoms with Crippen LogP contribution in [0.15, 0.2) is 29.2 Å². The zero-order chi connectivity index (χ0) is 23.0. The van der Waals surface area contributed by atoms with E-state index in [4.69, 9.17) is 8.85 Å². The fourth-order valence-corrected chi connectivity index (χ4v) is 3.61. The van der Waals surface area contributed by atoms with Crippen molar-refractivity contribution in [2.45, 2.75) is 25.8 Å². The molecule has 1 amide bonds. The third-order valence-corrected chi connectivity index (χ3v) is 5.24. The summed E-state index contributed by atoms with van der Waals surface area (Å²) in [4.78, 5) is 33.9. The second-order valence-corrected chi connectivity index (χ2v) is 7.07. The van der Waals surface area contributed by atoms with Gasteiger partial charge in [0, 0.05) is 48.6 Å². The summed E-state index contributed by atoms with van der Waals surface area (Å²) in [5, 5.41) is 5.09. The molecule has 2 aromatic heterocycles. The maximum absolute atomic E-state index is 12.8. The van der Waals surface area contributed by atoms with Gasteiger partial charge in [0.15, 0.2) is 5.65 Å². The summed E-state index contributed by atoms with van der Waals surface area (Å²) in [5.74, 6) is -0.367. The van der Waals surface area contributed by atoms with Crippen LogP contribution in [0.25, 0.3) is 11.2 Å². The molecule has 3 aromatic rings. The van der Waals surface area contributed by atoms with Gasteiger partial charge in [0.2, 0.25) is 5.95 Å². The zero-order valence-electron chi connectivity index (χ0n) is 19.2. The second-order valence-electron chi connectivity index (χ2n) is 7.07. The molecule has 0 unspecified atom stereocenters. The number of imidazole rings is 1. The van der Waals surface area contributed by atoms with Gasteiger partial charge in [-0.15, -0.1) is 0 Å². The van der Waals surface area contributed by atoms with Gasteiger partial charge in [0.25, 0.3) is 5.91 Å². The van der Waals surface area contributed by atoms with Crippen LogP contribution >= 0.6 is 0 Å². The number of benzene rings is 1. The number of aromatic nitrogens is 4. The number of amides is 1. The van der Waals surface area contributed by atoms with E-state index in [2.05, 4.69) is 15.3 Å². The van der Waals surface area contributed by atoms with E-state index in [1.807, 2.05) is 5.32 Å². The number of aryl methyl sites for hydroxylation is 2. The van der Waals surface area contributed by atoms with Gasteiger partial charge < -0.3 is 15.4 Å². The van der Waals surface area contributed by atoms with Crippen LogP contribution in [-0.4, -0.2) is 45.2 Å². The molecule has 4 rings (SSSR count). The molecule has 0 atom stereocenters. The number of carbonyl (C=O) groups excluding carboxylic acids is 1. The molecular formula is C20H24N6O3. The van der Waals surface area contributed by atoms with Crippen molar-refractivity contribution in [1.82, 2.24) is 24.4 Å². The van der Waals surface area contributed by atoms with E-state index < -0.39 is 12.9 Å². The Labute approximate surface area is 171 Å². The highest BCUT2D eigenvalue weighted by Gasteiger charge is 2.23. The number of ether oxygens (including phenoxy) is 1. The van der Waals surface area contributed by atoms with Gasteiger partial charge in [-0.05, 0) is 43.5 Å². The van der Waals surface area contributed by atoms with Gasteiger partial charge in [-0.1, -0.05) is 0 Å². The molecule has 152 valence electrons. The van der Waals surface area contributed by atoms with Crippen molar-refractivity contribution in [3.05, 3.63) is 46.0 Å². The summed E-state index contributed by atoms with van der Waals surface area (Å²) in [6.07, 6.45) is 3.09. The molecule has 29 heavy (non-hydrogen) atoms. The summed E-state index contributed by atoms with van der Waals surface area (Å²) in [6, 6.07) is 4.78. The first-order chi connectivity index (χ1) is 15.1. The van der Waals surface area contributed by atoms with E-state index in [1.165, 1.54) is 10.6 Å². The lowest BCUT2D eigenvalue weighted by Crippen LogP contribution is -2.30. The van der Waals surface area contributed by atoms with E-state index in [1.54, 1.807) is 36.9 Å². The smallest absolute Gasteiger partial charge is 0.330 e. The molecule has 1 fully saturated rings. The standard InChI is InChI=1S/C20H24N6O3/c1-12-10-13(18(27)21-2)4-5-15(12)23-19-22-11-16-17(24-19)26(20(28)25(16)3)14-6-8-29-9-7-14/h4-5,10-11,14H,6-9H2,1-3H3,(H,21,27)(H,22,23,24)/i2D3. The first-order valence-electron chi connectivity index (χ1n) is 10.9. The Morgan fingerprint density at radius 1 is 1.34 bits per heavy atom. The van der Waals surface area contributed by atoms with Crippen molar-refractivity contribution < 1.29 is 13.6 Å². The molecule has 3 heterocycles. The van der Waals surface area contributed by atoms with E-state index in [-0.39, 0.29) is 17.3 Å². The molecule has 0 saturated carbocycles. The zero-order valence-corrected chi connectivity index (χ0v) is 16.2. The molecule has 9 heteroatoms. The van der Waals surface area contributed by atoms with Crippen LogP contribution in [0.4, 0.5) is 11.6 Å². The molecule has 9 nitrogen and oxygen atoms in total. The SMILES string of the molecule is [2H]C([2H])([2H])NC(=O)c1ccc(Nc2ncc3c(n2)n(C2CCOCC2)c(=O)n3C)c(C)c1. The number of hydrogen-bond acceptors (Lipinski definition) is 6. The Morgan fingerprint density at radius 2 is 2.14 bits per heavy atom. The topological polar surface area (TPSA) is 103 Å². The number of nitrogens with zero attached hydrogens (tertiary/aromatic N) is 4. The molecular weight excluding hydrogens is 372 g/mol. The van der Waals surface area contributed by atoms with Crippen molar-refractivity contribution >= 4 is 28.7 Å². The molecule has 1 saturated heterocycles. The van der Waals surface area contributed by atoms with Crippen molar-refractivity contribution in [1.29, 1.82) is 0 Å². The maximum atomic E-state index is 12.8. The third-order valence-electron chi connectivity index (χ3n) is 5.24. The first kappa shape index (κ1) is 15.7. The quantitative estimate of drug-likeness (QED) is 0.695. The van der Waals surface area contributed by atoms with Gasteiger partial charge in [-0.3, -0.25) is 13.9 Å². The number of anilines is 2. The lowest BCUT2D eigenvalue weighted by atomic mass is 10.1. The van der Waals surface area contributed by atoms with Gasteiger partial charge in [0.05, 0.1) is 6.20 Å². The third kappa shape index (κ3) is 3.49. The van der Waals surface area contributed by atoms with Gasteiger partial charge >= 0.3 is 5.69 Å². The van der Waals surface area contributed by atoms with Crippen LogP contribution in [0.2, 0.25) is 0 Å². The lowest BCUT2D eigenvalue weighted by Gasteiger charge is -2.22. The number of nitrogens with one attached hydrogen (secondary N) is 2. The Kier molecular flexibility index (Phi) is 4.15. The van der Waals surface area contributed by atoms with Crippen molar-refractivity contribution in [2.24, 2.45) is 7.05 Å². The van der Waals surface area contributed by atoms with Crippen LogP contribution in [0.1, 0.15) is 38.9 Å². The Bertz CT molecular complexity index is 1230. The fourth-order valence-electron chi connectivity index (χ4n) is 3.61. The molecule has 1 aromatic carbocycles. The van der Waals surface area contributed by atoms with E-state index in [0.29, 0.717) is 41.6 Å². The molecule has 1 aliphatic rings. The van der Waals surface area contributed by atoms with Crippen LogP contribution in [0.3, 0.4) is 0 Å². The van der Waals surface area contributed by atoms with Crippen molar-refractivity contribution in [3.63, 3.8) is 0 Å². The highest BCUT2D eigenvalue weighted by atomic mass is 16.5. The maximum Gasteiger partial charge on any atom is 0.330 e. The number of carbonyl (C=O) groups is 1. The molecule has 0 radical (unpaired) electrons. The predicted molar refractivity (Wildman–Crippen MR) is 110 cm³/mol. The van der Waals surface area contributed by atoms with Gasteiger partial charge in [0.1, 0.15) is 5.52 Å². The summed E-state index contributed by atoms with van der Waals surface area (Å²) < 4.78 is 30.2. The number of rotatable bonds is 4. The summed E-state index contributed by atoms with van der Waals surface area (Å²) >= 11 is 0. The molecule has 0 spiro atoms. The molecule has 0 aliphatic carbocycles. The summed E-state index contributed by atoms with van der Waals surface area (Å²) in [6.45, 7) is 0.434. The van der Waals surface area contributed by atoms with Crippen molar-refractivity contribution in [3.8, 4) is 0 Å². The summed E-state index contributed by atoms with van der Waals surface area (Å²) in [5.41, 5.74) is 2.65. The largest absolute Gasteiger partial charge is 0.381 e. The Morgan fingerprint density at radius 3 is 2.86 bits per heavy atom. The summed E-state index contributed by atoms with van der Waals surface area (Å²) in [7, 11) is 1.70. The molecule has 2 N–H and O–H groups in total. The number of hydrogen-bond donors (Lipinski definition) is 2. The highest BCUT2D eigenvalue weighted by molar-refractivity contribution is 5.94. The van der Waals surface area contributed by atoms with Crippen LogP contribution in [0, 0.1) is 6.92 Å². The minimum Gasteiger partial charge on any atom is -0.381 e. The Hall–Kier alpha value is -3.20. The molecule has 0 bridgehead atoms. The normalized spacial score (nSPS) is 16.8. The van der Waals surface area contributed by atoms with Crippen molar-refractivity contribution in [2.75, 3.05) is 25.5 Å². The van der Waals surface area contributed by atoms with E-state index in [0.717, 1.165) is 12.8 Å². The van der Waals surface area contributed by atoms with Gasteiger partial charge in [-0.25, -0.2) is 9.78 Å². The average molecular weight is 399 g/mol. The fraction of sp³-hybridized carbons (Fsp3) is 0.400. The Balaban J connectivity index is 1.63. The van der Waals surface area contributed by atoms with E-state index in [9.17, 15) is 9.59 Å². The van der Waals surface area contributed by atoms with E-state index >= 15 is 0 Å². The predicted octanol–water partition coefficient (Wildman–Crippen LogP) is 1.89. The monoisotopic (exact) mass is 399 g/mol. The lowest BCUT2D eigenvalue weighted by molar-refractivity contribution is 0.0695. The van der Waals surface area contributed by atoms with Crippen LogP contribution in [0.5, 0.6) is 0 Å². The average Bonchev–Trinajstić information content (AvgIpc) is 2.98. The first-order valence-corrected chi connectivity index (χ1v) is 9.36. The van der Waals surface area contributed by atoms with Crippen LogP contribution < -0.4 is 16.3 Å². The molecule has 1 aliphatic heterocycles. The number of fused-ring (bicyclic) bond motifs is 1. The minimum absolute atomic E-state index is 0.0143. The van der Waals surface area contributed by atoms with Gasteiger partial charge in [-0.2, -0.15) is 4.98 Å². The second kappa shape index (κ2) is 7.67. The highest BCUT2D eigenvalue weighted by Crippen LogP contribution is 2.25. The minimum atomic E-state index is -2.55. The van der Waals surface area contributed by atoms with Crippen LogP contribution in [-0.2, 0) is 11.8 Å².